The van der Waals surface area contributed by atoms with E-state index in [0.29, 0.717) is 19.5 Å². The summed E-state index contributed by atoms with van der Waals surface area (Å²) in [5.74, 6) is 0.375. The number of carbonyl (C=O) groups is 1. The van der Waals surface area contributed by atoms with Crippen LogP contribution in [0.4, 0.5) is 0 Å². The molecule has 4 heteroatoms. The molecule has 23 heavy (non-hydrogen) atoms. The van der Waals surface area contributed by atoms with Gasteiger partial charge in [-0.15, -0.1) is 0 Å². The van der Waals surface area contributed by atoms with Gasteiger partial charge in [-0.25, -0.2) is 0 Å². The number of aliphatic hydroxyl groups is 2. The zero-order chi connectivity index (χ0) is 16.2. The van der Waals surface area contributed by atoms with E-state index in [1.165, 1.54) is 16.3 Å². The van der Waals surface area contributed by atoms with Crippen LogP contribution in [0.1, 0.15) is 24.3 Å². The quantitative estimate of drug-likeness (QED) is 0.823. The van der Waals surface area contributed by atoms with Crippen LogP contribution in [-0.2, 0) is 4.79 Å². The van der Waals surface area contributed by atoms with Crippen molar-refractivity contribution in [1.82, 2.24) is 4.90 Å². The van der Waals surface area contributed by atoms with Crippen molar-refractivity contribution >= 4 is 16.7 Å². The molecule has 2 aromatic carbocycles. The van der Waals surface area contributed by atoms with Crippen LogP contribution in [0.2, 0.25) is 0 Å². The minimum atomic E-state index is -0.0389. The molecule has 0 aromatic heterocycles. The smallest absolute Gasteiger partial charge is 0.226 e. The van der Waals surface area contributed by atoms with Crippen molar-refractivity contribution < 1.29 is 15.0 Å². The van der Waals surface area contributed by atoms with Gasteiger partial charge in [-0.05, 0) is 35.1 Å². The van der Waals surface area contributed by atoms with Gasteiger partial charge in [0.15, 0.2) is 0 Å². The zero-order valence-corrected chi connectivity index (χ0v) is 13.2. The number of benzene rings is 2. The molecule has 0 heterocycles. The van der Waals surface area contributed by atoms with E-state index in [0.717, 1.165) is 6.42 Å². The Morgan fingerprint density at radius 2 is 1.83 bits per heavy atom. The first kappa shape index (κ1) is 16.0. The Labute approximate surface area is 136 Å². The van der Waals surface area contributed by atoms with Gasteiger partial charge in [-0.1, -0.05) is 42.5 Å². The first-order valence-electron chi connectivity index (χ1n) is 8.24. The van der Waals surface area contributed by atoms with Crippen LogP contribution in [0, 0.1) is 5.92 Å². The fourth-order valence-corrected chi connectivity index (χ4v) is 3.33. The second-order valence-corrected chi connectivity index (χ2v) is 6.14. The lowest BCUT2D eigenvalue weighted by Crippen LogP contribution is -2.36. The molecule has 0 aliphatic heterocycles. The topological polar surface area (TPSA) is 60.8 Å². The average Bonchev–Trinajstić information content (AvgIpc) is 3.38. The number of aliphatic hydroxyl groups excluding tert-OH is 2. The predicted octanol–water partition coefficient (Wildman–Crippen LogP) is 2.15. The molecule has 0 spiro atoms. The molecule has 1 amide bonds. The van der Waals surface area contributed by atoms with Gasteiger partial charge < -0.3 is 15.1 Å². The van der Waals surface area contributed by atoms with Crippen molar-refractivity contribution in [3.8, 4) is 0 Å². The summed E-state index contributed by atoms with van der Waals surface area (Å²) in [4.78, 5) is 14.3. The molecule has 1 aliphatic rings. The summed E-state index contributed by atoms with van der Waals surface area (Å²) in [6.45, 7) is 0.877. The van der Waals surface area contributed by atoms with E-state index in [1.54, 1.807) is 4.90 Å². The SMILES string of the molecule is O=C(C1CC1c1cccc2ccccc12)N(CCO)CCCO. The third-order valence-electron chi connectivity index (χ3n) is 4.60. The Morgan fingerprint density at radius 1 is 1.04 bits per heavy atom. The van der Waals surface area contributed by atoms with Crippen LogP contribution in [0.3, 0.4) is 0 Å². The van der Waals surface area contributed by atoms with Gasteiger partial charge in [0.2, 0.25) is 5.91 Å². The maximum absolute atomic E-state index is 12.7. The van der Waals surface area contributed by atoms with Crippen molar-refractivity contribution in [1.29, 1.82) is 0 Å². The van der Waals surface area contributed by atoms with Crippen LogP contribution in [0.15, 0.2) is 42.5 Å². The summed E-state index contributed by atoms with van der Waals surface area (Å²) in [6.07, 6.45) is 1.42. The third kappa shape index (κ3) is 3.38. The van der Waals surface area contributed by atoms with Crippen LogP contribution >= 0.6 is 0 Å². The first-order chi connectivity index (χ1) is 11.3. The van der Waals surface area contributed by atoms with Crippen LogP contribution in [0.25, 0.3) is 10.8 Å². The van der Waals surface area contributed by atoms with Crippen molar-refractivity contribution in [3.05, 3.63) is 48.0 Å². The molecule has 2 aromatic rings. The molecule has 122 valence electrons. The van der Waals surface area contributed by atoms with Crippen LogP contribution in [0.5, 0.6) is 0 Å². The van der Waals surface area contributed by atoms with Gasteiger partial charge in [0, 0.05) is 25.6 Å². The molecular weight excluding hydrogens is 290 g/mol. The maximum atomic E-state index is 12.7. The Hall–Kier alpha value is -1.91. The number of fused-ring (bicyclic) bond motifs is 1. The van der Waals surface area contributed by atoms with E-state index in [4.69, 9.17) is 10.2 Å². The summed E-state index contributed by atoms with van der Waals surface area (Å²) in [5, 5.41) is 20.5. The largest absolute Gasteiger partial charge is 0.396 e. The lowest BCUT2D eigenvalue weighted by Gasteiger charge is -2.21. The highest BCUT2D eigenvalue weighted by Gasteiger charge is 2.46. The molecule has 2 atom stereocenters. The summed E-state index contributed by atoms with van der Waals surface area (Å²) in [7, 11) is 0. The van der Waals surface area contributed by atoms with E-state index in [9.17, 15) is 4.79 Å². The monoisotopic (exact) mass is 313 g/mol. The number of rotatable bonds is 7. The fourth-order valence-electron chi connectivity index (χ4n) is 3.33. The predicted molar refractivity (Wildman–Crippen MR) is 90.2 cm³/mol. The lowest BCUT2D eigenvalue weighted by molar-refractivity contribution is -0.133. The van der Waals surface area contributed by atoms with Gasteiger partial charge in [-0.3, -0.25) is 4.79 Å². The molecule has 1 aliphatic carbocycles. The highest BCUT2D eigenvalue weighted by atomic mass is 16.3. The maximum Gasteiger partial charge on any atom is 0.226 e. The van der Waals surface area contributed by atoms with E-state index in [2.05, 4.69) is 30.3 Å². The van der Waals surface area contributed by atoms with Crippen LogP contribution in [-0.4, -0.2) is 47.3 Å². The molecule has 0 bridgehead atoms. The zero-order valence-electron chi connectivity index (χ0n) is 13.2. The lowest BCUT2D eigenvalue weighted by atomic mass is 10.00. The van der Waals surface area contributed by atoms with Gasteiger partial charge in [0.1, 0.15) is 0 Å². The van der Waals surface area contributed by atoms with E-state index >= 15 is 0 Å². The number of carbonyl (C=O) groups excluding carboxylic acids is 1. The standard InChI is InChI=1S/C19H23NO3/c21-11-4-9-20(10-12-22)19(23)18-13-17(18)16-8-3-6-14-5-1-2-7-15(14)16/h1-3,5-8,17-18,21-22H,4,9-13H2. The number of amides is 1. The highest BCUT2D eigenvalue weighted by molar-refractivity contribution is 5.89. The normalized spacial score (nSPS) is 19.7. The molecule has 2 N–H and O–H groups in total. The summed E-state index contributed by atoms with van der Waals surface area (Å²) >= 11 is 0. The van der Waals surface area contributed by atoms with Gasteiger partial charge in [0.25, 0.3) is 0 Å². The Kier molecular flexibility index (Phi) is 4.94. The molecule has 4 nitrogen and oxygen atoms in total. The summed E-state index contributed by atoms with van der Waals surface area (Å²) in [6, 6.07) is 14.5. The van der Waals surface area contributed by atoms with Crippen LogP contribution < -0.4 is 0 Å². The molecule has 2 unspecified atom stereocenters. The van der Waals surface area contributed by atoms with Crippen molar-refractivity contribution in [2.75, 3.05) is 26.3 Å². The van der Waals surface area contributed by atoms with Gasteiger partial charge >= 0.3 is 0 Å². The molecule has 1 fully saturated rings. The third-order valence-corrected chi connectivity index (χ3v) is 4.60. The second-order valence-electron chi connectivity index (χ2n) is 6.14. The molecule has 0 saturated heterocycles. The summed E-state index contributed by atoms with van der Waals surface area (Å²) in [5.41, 5.74) is 1.24. The Morgan fingerprint density at radius 3 is 2.61 bits per heavy atom. The minimum absolute atomic E-state index is 0.00560. The van der Waals surface area contributed by atoms with Crippen molar-refractivity contribution in [3.63, 3.8) is 0 Å². The summed E-state index contributed by atoms with van der Waals surface area (Å²) < 4.78 is 0. The molecular formula is C19H23NO3. The second kappa shape index (κ2) is 7.11. The van der Waals surface area contributed by atoms with Gasteiger partial charge in [0.05, 0.1) is 6.61 Å². The minimum Gasteiger partial charge on any atom is -0.396 e. The fraction of sp³-hybridized carbons (Fsp3) is 0.421. The number of nitrogens with zero attached hydrogens (tertiary/aromatic N) is 1. The highest BCUT2D eigenvalue weighted by Crippen LogP contribution is 2.50. The number of hydrogen-bond donors (Lipinski definition) is 2. The Balaban J connectivity index is 1.76. The molecule has 3 rings (SSSR count). The van der Waals surface area contributed by atoms with Gasteiger partial charge in [-0.2, -0.15) is 0 Å². The number of hydrogen-bond acceptors (Lipinski definition) is 3. The molecule has 1 saturated carbocycles. The van der Waals surface area contributed by atoms with Crippen molar-refractivity contribution in [2.45, 2.75) is 18.8 Å². The Bertz CT molecular complexity index is 680. The average molecular weight is 313 g/mol. The first-order valence-corrected chi connectivity index (χ1v) is 8.24. The van der Waals surface area contributed by atoms with E-state index < -0.39 is 0 Å². The van der Waals surface area contributed by atoms with E-state index in [1.807, 2.05) is 12.1 Å². The molecule has 0 radical (unpaired) electrons. The van der Waals surface area contributed by atoms with E-state index in [-0.39, 0.29) is 31.0 Å². The van der Waals surface area contributed by atoms with Crippen molar-refractivity contribution in [2.24, 2.45) is 5.92 Å².